The fourth-order valence-corrected chi connectivity index (χ4v) is 2.20. The van der Waals surface area contributed by atoms with Gasteiger partial charge in [0.2, 0.25) is 11.8 Å². The fourth-order valence-electron chi connectivity index (χ4n) is 1.46. The molecule has 0 saturated heterocycles. The summed E-state index contributed by atoms with van der Waals surface area (Å²) in [5.74, 6) is 1.40. The first-order valence-electron chi connectivity index (χ1n) is 5.60. The number of halogens is 1. The first-order chi connectivity index (χ1) is 9.70. The van der Waals surface area contributed by atoms with Crippen LogP contribution < -0.4 is 5.73 Å². The lowest BCUT2D eigenvalue weighted by atomic mass is 10.4. The van der Waals surface area contributed by atoms with Gasteiger partial charge in [0.15, 0.2) is 5.82 Å². The van der Waals surface area contributed by atoms with Crippen LogP contribution in [0.15, 0.2) is 33.7 Å². The minimum Gasteiger partial charge on any atom is -0.366 e. The Morgan fingerprint density at radius 2 is 2.05 bits per heavy atom. The fraction of sp³-hybridized carbons (Fsp3) is 0.0909. The molecule has 0 saturated carbocycles. The number of aromatic nitrogens is 5. The number of nitrogens with one attached hydrogen (secondary N) is 1. The zero-order chi connectivity index (χ0) is 13.9. The Morgan fingerprint density at radius 3 is 2.75 bits per heavy atom. The van der Waals surface area contributed by atoms with Crippen molar-refractivity contribution in [3.8, 4) is 11.7 Å². The Hall–Kier alpha value is -2.42. The summed E-state index contributed by atoms with van der Waals surface area (Å²) in [6, 6.07) is 6.19. The van der Waals surface area contributed by atoms with Crippen LogP contribution in [0.4, 0.5) is 10.3 Å². The summed E-state index contributed by atoms with van der Waals surface area (Å²) in [4.78, 5) is 8.97. The molecule has 0 fully saturated rings. The Bertz CT molecular complexity index is 710. The van der Waals surface area contributed by atoms with Crippen LogP contribution in [0.25, 0.3) is 11.7 Å². The molecule has 3 N–H and O–H groups in total. The van der Waals surface area contributed by atoms with Gasteiger partial charge >= 0.3 is 0 Å². The van der Waals surface area contributed by atoms with E-state index >= 15 is 0 Å². The van der Waals surface area contributed by atoms with E-state index in [0.717, 1.165) is 4.90 Å². The van der Waals surface area contributed by atoms with Gasteiger partial charge in [-0.3, -0.25) is 5.10 Å². The van der Waals surface area contributed by atoms with E-state index in [9.17, 15) is 4.39 Å². The van der Waals surface area contributed by atoms with Crippen LogP contribution in [0.2, 0.25) is 0 Å². The largest absolute Gasteiger partial charge is 0.366 e. The van der Waals surface area contributed by atoms with Crippen molar-refractivity contribution in [1.29, 1.82) is 0 Å². The van der Waals surface area contributed by atoms with Crippen molar-refractivity contribution < 1.29 is 8.91 Å². The molecule has 0 aliphatic rings. The highest BCUT2D eigenvalue weighted by Gasteiger charge is 2.12. The van der Waals surface area contributed by atoms with Gasteiger partial charge in [-0.2, -0.15) is 9.97 Å². The molecule has 2 heterocycles. The van der Waals surface area contributed by atoms with Gasteiger partial charge < -0.3 is 10.3 Å². The van der Waals surface area contributed by atoms with E-state index in [1.807, 2.05) is 0 Å². The number of benzene rings is 1. The lowest BCUT2D eigenvalue weighted by molar-refractivity contribution is 0.422. The number of anilines is 1. The first kappa shape index (κ1) is 12.6. The van der Waals surface area contributed by atoms with E-state index in [2.05, 4.69) is 25.3 Å². The van der Waals surface area contributed by atoms with E-state index in [1.54, 1.807) is 12.1 Å². The Kier molecular flexibility index (Phi) is 3.33. The van der Waals surface area contributed by atoms with Gasteiger partial charge in [0.05, 0.1) is 5.75 Å². The van der Waals surface area contributed by atoms with Gasteiger partial charge in [0.25, 0.3) is 5.89 Å². The smallest absolute Gasteiger partial charge is 0.295 e. The second kappa shape index (κ2) is 5.29. The van der Waals surface area contributed by atoms with Crippen LogP contribution in [-0.4, -0.2) is 25.3 Å². The molecule has 102 valence electrons. The first-order valence-corrected chi connectivity index (χ1v) is 6.58. The SMILES string of the molecule is Nc1n[nH]c(-c2nc(CSc3ccc(F)cc3)no2)n1. The van der Waals surface area contributed by atoms with Crippen molar-refractivity contribution >= 4 is 17.7 Å². The number of nitrogen functional groups attached to an aromatic ring is 1. The Labute approximate surface area is 116 Å². The van der Waals surface area contributed by atoms with Gasteiger partial charge in [-0.1, -0.05) is 5.16 Å². The molecular weight excluding hydrogens is 283 g/mol. The highest BCUT2D eigenvalue weighted by molar-refractivity contribution is 7.98. The highest BCUT2D eigenvalue weighted by atomic mass is 32.2. The summed E-state index contributed by atoms with van der Waals surface area (Å²) in [7, 11) is 0. The minimum atomic E-state index is -0.265. The molecule has 3 rings (SSSR count). The van der Waals surface area contributed by atoms with Crippen molar-refractivity contribution in [1.82, 2.24) is 25.3 Å². The molecule has 20 heavy (non-hydrogen) atoms. The van der Waals surface area contributed by atoms with Gasteiger partial charge in [0, 0.05) is 4.90 Å². The topological polar surface area (TPSA) is 107 Å². The molecule has 1 aromatic carbocycles. The predicted octanol–water partition coefficient (Wildman–Crippen LogP) is 1.87. The summed E-state index contributed by atoms with van der Waals surface area (Å²) in [6.45, 7) is 0. The van der Waals surface area contributed by atoms with Gasteiger partial charge in [0.1, 0.15) is 5.82 Å². The third-order valence-corrected chi connectivity index (χ3v) is 3.36. The molecular formula is C11H9FN6OS. The molecule has 0 bridgehead atoms. The van der Waals surface area contributed by atoms with Gasteiger partial charge in [-0.15, -0.1) is 16.9 Å². The van der Waals surface area contributed by atoms with Crippen LogP contribution in [0, 0.1) is 5.82 Å². The second-order valence-electron chi connectivity index (χ2n) is 3.80. The highest BCUT2D eigenvalue weighted by Crippen LogP contribution is 2.22. The summed E-state index contributed by atoms with van der Waals surface area (Å²) >= 11 is 1.47. The lowest BCUT2D eigenvalue weighted by Gasteiger charge is -1.97. The summed E-state index contributed by atoms with van der Waals surface area (Å²) < 4.78 is 17.8. The molecule has 0 spiro atoms. The molecule has 0 aliphatic heterocycles. The predicted molar refractivity (Wildman–Crippen MR) is 70.0 cm³/mol. The van der Waals surface area contributed by atoms with Crippen LogP contribution in [0.5, 0.6) is 0 Å². The van der Waals surface area contributed by atoms with Crippen molar-refractivity contribution in [2.75, 3.05) is 5.73 Å². The van der Waals surface area contributed by atoms with Crippen molar-refractivity contribution in [3.05, 3.63) is 35.9 Å². The number of aromatic amines is 1. The van der Waals surface area contributed by atoms with Crippen LogP contribution in [-0.2, 0) is 5.75 Å². The Morgan fingerprint density at radius 1 is 1.25 bits per heavy atom. The molecule has 0 amide bonds. The van der Waals surface area contributed by atoms with Crippen molar-refractivity contribution in [2.24, 2.45) is 0 Å². The van der Waals surface area contributed by atoms with E-state index in [4.69, 9.17) is 10.3 Å². The number of rotatable bonds is 4. The molecule has 0 aliphatic carbocycles. The third kappa shape index (κ3) is 2.77. The molecule has 9 heteroatoms. The number of hydrogen-bond acceptors (Lipinski definition) is 7. The number of thioether (sulfide) groups is 1. The van der Waals surface area contributed by atoms with E-state index in [-0.39, 0.29) is 17.7 Å². The molecule has 0 radical (unpaired) electrons. The van der Waals surface area contributed by atoms with E-state index in [1.165, 1.54) is 23.9 Å². The number of nitrogens with zero attached hydrogens (tertiary/aromatic N) is 4. The zero-order valence-electron chi connectivity index (χ0n) is 10.1. The maximum absolute atomic E-state index is 12.8. The van der Waals surface area contributed by atoms with E-state index < -0.39 is 0 Å². The van der Waals surface area contributed by atoms with Crippen LogP contribution in [0.1, 0.15) is 5.82 Å². The van der Waals surface area contributed by atoms with Gasteiger partial charge in [-0.05, 0) is 24.3 Å². The minimum absolute atomic E-state index is 0.112. The maximum Gasteiger partial charge on any atom is 0.295 e. The molecule has 0 atom stereocenters. The molecule has 3 aromatic rings. The average molecular weight is 292 g/mol. The third-order valence-electron chi connectivity index (χ3n) is 2.35. The maximum atomic E-state index is 12.8. The number of hydrogen-bond donors (Lipinski definition) is 2. The summed E-state index contributed by atoms with van der Waals surface area (Å²) in [5.41, 5.74) is 5.39. The number of nitrogens with two attached hydrogens (primary N) is 1. The quantitative estimate of drug-likeness (QED) is 0.707. The molecule has 7 nitrogen and oxygen atoms in total. The average Bonchev–Trinajstić information content (AvgIpc) is 3.07. The zero-order valence-corrected chi connectivity index (χ0v) is 10.9. The van der Waals surface area contributed by atoms with Crippen molar-refractivity contribution in [2.45, 2.75) is 10.6 Å². The van der Waals surface area contributed by atoms with Crippen LogP contribution in [0.3, 0.4) is 0 Å². The normalized spacial score (nSPS) is 10.8. The van der Waals surface area contributed by atoms with E-state index in [0.29, 0.717) is 17.4 Å². The van der Waals surface area contributed by atoms with Crippen molar-refractivity contribution in [3.63, 3.8) is 0 Å². The molecule has 0 unspecified atom stereocenters. The standard InChI is InChI=1S/C11H9FN6OS/c12-6-1-3-7(4-2-6)20-5-8-14-10(19-18-8)9-15-11(13)17-16-9/h1-4H,5H2,(H3,13,15,16,17). The molecule has 2 aromatic heterocycles. The number of H-pyrrole nitrogens is 1. The monoisotopic (exact) mass is 292 g/mol. The van der Waals surface area contributed by atoms with Gasteiger partial charge in [-0.25, -0.2) is 4.39 Å². The lowest BCUT2D eigenvalue weighted by Crippen LogP contribution is -1.86. The summed E-state index contributed by atoms with van der Waals surface area (Å²) in [5, 5.41) is 10.1. The second-order valence-corrected chi connectivity index (χ2v) is 4.85. The van der Waals surface area contributed by atoms with Crippen LogP contribution >= 0.6 is 11.8 Å². The Balaban J connectivity index is 1.67. The summed E-state index contributed by atoms with van der Waals surface area (Å²) in [6.07, 6.45) is 0.